The molecule has 5 heteroatoms. The van der Waals surface area contributed by atoms with Gasteiger partial charge in [0.25, 0.3) is 0 Å². The van der Waals surface area contributed by atoms with Gasteiger partial charge >= 0.3 is 29.6 Å². The monoisotopic (exact) mass is 385 g/mol. The van der Waals surface area contributed by atoms with Crippen molar-refractivity contribution >= 4 is 6.08 Å². The second-order valence-electron chi connectivity index (χ2n) is 7.28. The Labute approximate surface area is 188 Å². The Hall–Kier alpha value is -0.230. The number of pyridine rings is 1. The van der Waals surface area contributed by atoms with Crippen LogP contribution < -0.4 is 29.6 Å². The zero-order valence-corrected chi connectivity index (χ0v) is 19.1. The Morgan fingerprint density at radius 3 is 2.70 bits per heavy atom. The summed E-state index contributed by atoms with van der Waals surface area (Å²) in [6, 6.07) is 5.95. The summed E-state index contributed by atoms with van der Waals surface area (Å²) in [5.41, 5.74) is 1.83. The predicted molar refractivity (Wildman–Crippen MR) is 107 cm³/mol. The number of ether oxygens (including phenoxy) is 1. The summed E-state index contributed by atoms with van der Waals surface area (Å²) in [6.07, 6.45) is 14.8. The molecule has 0 bridgehead atoms. The topological polar surface area (TPSA) is 65.9 Å². The Balaban J connectivity index is 0.00000364. The number of rotatable bonds is 14. The van der Waals surface area contributed by atoms with Crippen LogP contribution in [0.4, 0.5) is 0 Å². The van der Waals surface area contributed by atoms with Gasteiger partial charge in [-0.2, -0.15) is 0 Å². The predicted octanol–water partition coefficient (Wildman–Crippen LogP) is 1.93. The van der Waals surface area contributed by atoms with E-state index in [2.05, 4.69) is 11.9 Å². The van der Waals surface area contributed by atoms with Crippen molar-refractivity contribution in [3.63, 3.8) is 0 Å². The molecule has 1 aliphatic rings. The van der Waals surface area contributed by atoms with Gasteiger partial charge in [-0.3, -0.25) is 4.98 Å². The smallest absolute Gasteiger partial charge is 1.00 e. The number of hydrogen-bond donors (Lipinski definition) is 2. The quantitative estimate of drug-likeness (QED) is 0.292. The van der Waals surface area contributed by atoms with Crippen molar-refractivity contribution in [1.29, 1.82) is 0 Å². The largest absolute Gasteiger partial charge is 1.00 e. The summed E-state index contributed by atoms with van der Waals surface area (Å²) < 4.78 is 5.71. The molecule has 4 nitrogen and oxygen atoms in total. The number of aromatic nitrogens is 1. The first kappa shape index (κ1) is 24.8. The normalized spacial score (nSPS) is 19.8. The van der Waals surface area contributed by atoms with E-state index >= 15 is 0 Å². The Morgan fingerprint density at radius 2 is 1.93 bits per heavy atom. The van der Waals surface area contributed by atoms with E-state index in [1.54, 1.807) is 0 Å². The van der Waals surface area contributed by atoms with E-state index in [4.69, 9.17) is 9.84 Å². The summed E-state index contributed by atoms with van der Waals surface area (Å²) in [6.45, 7) is 2.47. The van der Waals surface area contributed by atoms with Crippen molar-refractivity contribution in [3.05, 3.63) is 35.7 Å². The molecule has 0 radical (unpaired) electrons. The van der Waals surface area contributed by atoms with Crippen molar-refractivity contribution in [2.45, 2.75) is 89.4 Å². The third-order valence-corrected chi connectivity index (χ3v) is 4.91. The van der Waals surface area contributed by atoms with Gasteiger partial charge in [-0.1, -0.05) is 57.6 Å². The maximum absolute atomic E-state index is 10.1. The van der Waals surface area contributed by atoms with Crippen LogP contribution in [0.1, 0.15) is 90.1 Å². The van der Waals surface area contributed by atoms with Gasteiger partial charge in [-0.15, -0.1) is 0 Å². The minimum atomic E-state index is -0.393. The SMILES string of the molecule is CCCCCCCCC(O)C=Cc1cccc(C2OC2CCCCO)n1.[H-].[Na+]. The van der Waals surface area contributed by atoms with Crippen LogP contribution in [0, 0.1) is 0 Å². The molecule has 1 aromatic rings. The number of aliphatic hydroxyl groups excluding tert-OH is 2. The van der Waals surface area contributed by atoms with Gasteiger partial charge < -0.3 is 16.4 Å². The molecule has 0 amide bonds. The molecule has 2 N–H and O–H groups in total. The summed E-state index contributed by atoms with van der Waals surface area (Å²) in [5, 5.41) is 19.0. The maximum Gasteiger partial charge on any atom is 1.00 e. The molecule has 0 aromatic carbocycles. The van der Waals surface area contributed by atoms with E-state index in [9.17, 15) is 5.11 Å². The van der Waals surface area contributed by atoms with E-state index < -0.39 is 6.10 Å². The molecule has 27 heavy (non-hydrogen) atoms. The summed E-state index contributed by atoms with van der Waals surface area (Å²) in [7, 11) is 0. The average molecular weight is 386 g/mol. The third kappa shape index (κ3) is 10.2. The molecule has 1 fully saturated rings. The minimum Gasteiger partial charge on any atom is -1.00 e. The van der Waals surface area contributed by atoms with Crippen molar-refractivity contribution in [1.82, 2.24) is 4.98 Å². The molecule has 3 atom stereocenters. The van der Waals surface area contributed by atoms with Gasteiger partial charge in [-0.05, 0) is 43.9 Å². The van der Waals surface area contributed by atoms with Gasteiger partial charge in [0.15, 0.2) is 0 Å². The van der Waals surface area contributed by atoms with Crippen molar-refractivity contribution < 1.29 is 45.9 Å². The van der Waals surface area contributed by atoms with Crippen LogP contribution in [0.3, 0.4) is 0 Å². The number of aliphatic hydroxyl groups is 2. The number of nitrogens with zero attached hydrogens (tertiary/aromatic N) is 1. The van der Waals surface area contributed by atoms with Crippen LogP contribution in [0.15, 0.2) is 24.3 Å². The molecule has 1 aliphatic heterocycles. The third-order valence-electron chi connectivity index (χ3n) is 4.91. The first-order valence-electron chi connectivity index (χ1n) is 10.3. The molecule has 2 rings (SSSR count). The Bertz CT molecular complexity index is 544. The molecule has 0 saturated carbocycles. The van der Waals surface area contributed by atoms with Gasteiger partial charge in [0, 0.05) is 6.61 Å². The summed E-state index contributed by atoms with van der Waals surface area (Å²) in [4.78, 5) is 4.64. The van der Waals surface area contributed by atoms with Crippen LogP contribution in [0.2, 0.25) is 0 Å². The van der Waals surface area contributed by atoms with Crippen molar-refractivity contribution in [2.24, 2.45) is 0 Å². The second-order valence-corrected chi connectivity index (χ2v) is 7.28. The summed E-state index contributed by atoms with van der Waals surface area (Å²) in [5.74, 6) is 0. The first-order valence-corrected chi connectivity index (χ1v) is 10.3. The fraction of sp³-hybridized carbons (Fsp3) is 0.682. The van der Waals surface area contributed by atoms with Crippen LogP contribution in [-0.2, 0) is 4.74 Å². The number of epoxide rings is 1. The standard InChI is InChI=1S/C22H35NO3.Na.H/c1-2-3-4-5-6-7-12-19(25)16-15-18-11-10-13-20(23-18)22-21(26-22)14-8-9-17-24;;/h10-11,13,15-16,19,21-22,24-25H,2-9,12,14,17H2,1H3;;/q;+1;-1. The van der Waals surface area contributed by atoms with E-state index in [0.717, 1.165) is 43.5 Å². The van der Waals surface area contributed by atoms with Crippen molar-refractivity contribution in [3.8, 4) is 0 Å². The van der Waals surface area contributed by atoms with Crippen LogP contribution in [-0.4, -0.2) is 34.0 Å². The fourth-order valence-corrected chi connectivity index (χ4v) is 3.24. The van der Waals surface area contributed by atoms with Crippen molar-refractivity contribution in [2.75, 3.05) is 6.61 Å². The van der Waals surface area contributed by atoms with Crippen LogP contribution >= 0.6 is 0 Å². The van der Waals surface area contributed by atoms with E-state index in [0.29, 0.717) is 0 Å². The molecule has 1 aromatic heterocycles. The van der Waals surface area contributed by atoms with E-state index in [1.807, 2.05) is 30.4 Å². The van der Waals surface area contributed by atoms with Gasteiger partial charge in [-0.25, -0.2) is 0 Å². The number of hydrogen-bond acceptors (Lipinski definition) is 4. The minimum absolute atomic E-state index is 0. The van der Waals surface area contributed by atoms with Crippen LogP contribution in [0.5, 0.6) is 0 Å². The molecular formula is C22H36NNaO3. The molecule has 148 valence electrons. The fourth-order valence-electron chi connectivity index (χ4n) is 3.24. The molecule has 1 saturated heterocycles. The first-order chi connectivity index (χ1) is 12.7. The average Bonchev–Trinajstić information content (AvgIpc) is 3.43. The van der Waals surface area contributed by atoms with E-state index in [1.165, 1.54) is 32.1 Å². The second kappa shape index (κ2) is 14.7. The Morgan fingerprint density at radius 1 is 1.15 bits per heavy atom. The maximum atomic E-state index is 10.1. The molecule has 0 aliphatic carbocycles. The Kier molecular flexibility index (Phi) is 13.5. The van der Waals surface area contributed by atoms with E-state index in [-0.39, 0.29) is 49.8 Å². The molecular weight excluding hydrogens is 349 g/mol. The van der Waals surface area contributed by atoms with Gasteiger partial charge in [0.2, 0.25) is 0 Å². The summed E-state index contributed by atoms with van der Waals surface area (Å²) >= 11 is 0. The zero-order chi connectivity index (χ0) is 18.6. The zero-order valence-electron chi connectivity index (χ0n) is 18.1. The van der Waals surface area contributed by atoms with Gasteiger partial charge in [0.1, 0.15) is 6.10 Å². The number of unbranched alkanes of at least 4 members (excludes halogenated alkanes) is 6. The molecule has 0 spiro atoms. The van der Waals surface area contributed by atoms with Crippen LogP contribution in [0.25, 0.3) is 6.08 Å². The molecule has 3 unspecified atom stereocenters. The molecule has 2 heterocycles. The van der Waals surface area contributed by atoms with Gasteiger partial charge in [0.05, 0.1) is 23.6 Å².